The number of carbonyl (C=O) groups is 3. The summed E-state index contributed by atoms with van der Waals surface area (Å²) in [6.07, 6.45) is 12.7. The van der Waals surface area contributed by atoms with E-state index in [1.54, 1.807) is 12.2 Å². The molecule has 61 heavy (non-hydrogen) atoms. The molecular weight excluding hydrogens is 761 g/mol. The molecule has 0 heterocycles. The van der Waals surface area contributed by atoms with Crippen LogP contribution in [0.1, 0.15) is 104 Å². The highest BCUT2D eigenvalue weighted by Crippen LogP contribution is 2.38. The third kappa shape index (κ3) is 13.8. The molecule has 0 fully saturated rings. The number of benzene rings is 4. The van der Waals surface area contributed by atoms with Gasteiger partial charge in [0.15, 0.2) is 11.6 Å². The number of amides is 1. The number of hydrogen-bond donors (Lipinski definition) is 2. The second-order valence-corrected chi connectivity index (χ2v) is 17.4. The largest absolute Gasteiger partial charge is 0.444 e. The lowest BCUT2D eigenvalue weighted by Crippen LogP contribution is -2.40. The van der Waals surface area contributed by atoms with Crippen LogP contribution in [0.4, 0.5) is 16.2 Å². The molecular formula is C52H66N4O5. The van der Waals surface area contributed by atoms with Gasteiger partial charge in [0, 0.05) is 58.6 Å². The first-order chi connectivity index (χ1) is 29.1. The molecule has 2 N–H and O–H groups in total. The van der Waals surface area contributed by atoms with E-state index in [2.05, 4.69) is 102 Å². The van der Waals surface area contributed by atoms with Crippen molar-refractivity contribution >= 4 is 41.2 Å². The number of anilines is 2. The number of nitrogens with zero attached hydrogens (tertiary/aromatic N) is 3. The molecule has 0 radical (unpaired) electrons. The molecule has 2 atom stereocenters. The highest BCUT2D eigenvalue weighted by atomic mass is 16.6. The van der Waals surface area contributed by atoms with Gasteiger partial charge in [-0.15, -0.1) is 0 Å². The zero-order valence-electron chi connectivity index (χ0n) is 37.5. The van der Waals surface area contributed by atoms with E-state index in [1.807, 2.05) is 64.9 Å². The van der Waals surface area contributed by atoms with Crippen molar-refractivity contribution in [3.05, 3.63) is 142 Å². The molecule has 0 aromatic heterocycles. The third-order valence-corrected chi connectivity index (χ3v) is 11.2. The van der Waals surface area contributed by atoms with Crippen LogP contribution in [0.25, 0.3) is 12.2 Å². The summed E-state index contributed by atoms with van der Waals surface area (Å²) >= 11 is 0. The summed E-state index contributed by atoms with van der Waals surface area (Å²) in [7, 11) is 8.17. The van der Waals surface area contributed by atoms with Crippen molar-refractivity contribution in [3.63, 3.8) is 0 Å². The first-order valence-corrected chi connectivity index (χ1v) is 21.7. The Labute approximate surface area is 364 Å². The first kappa shape index (κ1) is 46.6. The van der Waals surface area contributed by atoms with Gasteiger partial charge in [-0.1, -0.05) is 79.7 Å². The van der Waals surface area contributed by atoms with Crippen LogP contribution in [0.5, 0.6) is 0 Å². The lowest BCUT2D eigenvalue weighted by Gasteiger charge is -2.32. The van der Waals surface area contributed by atoms with E-state index in [0.29, 0.717) is 19.0 Å². The second-order valence-electron chi connectivity index (χ2n) is 17.4. The van der Waals surface area contributed by atoms with Crippen molar-refractivity contribution in [1.29, 1.82) is 0 Å². The fourth-order valence-electron chi connectivity index (χ4n) is 7.80. The van der Waals surface area contributed by atoms with Crippen molar-refractivity contribution < 1.29 is 24.2 Å². The van der Waals surface area contributed by atoms with E-state index < -0.39 is 12.2 Å². The summed E-state index contributed by atoms with van der Waals surface area (Å²) < 4.78 is 5.80. The average Bonchev–Trinajstić information content (AvgIpc) is 3.85. The fraction of sp³-hybridized carbons (Fsp3) is 0.404. The molecule has 2 unspecified atom stereocenters. The maximum Gasteiger partial charge on any atom is 0.410 e. The Hall–Kier alpha value is -5.51. The van der Waals surface area contributed by atoms with Crippen LogP contribution in [0.3, 0.4) is 0 Å². The molecule has 9 heteroatoms. The van der Waals surface area contributed by atoms with Gasteiger partial charge in [0.2, 0.25) is 0 Å². The van der Waals surface area contributed by atoms with Gasteiger partial charge < -0.3 is 29.9 Å². The maximum atomic E-state index is 13.2. The minimum absolute atomic E-state index is 0.0128. The van der Waals surface area contributed by atoms with Crippen molar-refractivity contribution in [2.45, 2.75) is 90.3 Å². The van der Waals surface area contributed by atoms with Crippen molar-refractivity contribution in [3.8, 4) is 0 Å². The Morgan fingerprint density at radius 3 is 1.79 bits per heavy atom. The monoisotopic (exact) mass is 827 g/mol. The molecule has 0 saturated carbocycles. The van der Waals surface area contributed by atoms with E-state index in [1.165, 1.54) is 45.1 Å². The quantitative estimate of drug-likeness (QED) is 0.108. The van der Waals surface area contributed by atoms with E-state index in [9.17, 15) is 14.4 Å². The van der Waals surface area contributed by atoms with Crippen LogP contribution in [0, 0.1) is 0 Å². The van der Waals surface area contributed by atoms with Crippen molar-refractivity contribution in [2.75, 3.05) is 57.7 Å². The summed E-state index contributed by atoms with van der Waals surface area (Å²) in [6.45, 7) is 8.68. The SMILES string of the molecule is CCC(=O)/C=C/c1ccc2c(c1)CCC2N(CCc1ccc(N(C)C)cc1)C(=O)OC(C)(C)C.CN(C)c1ccc(CCNC2CCc3cc(/C=C/C(=O)CO)ccc32)cc1. The normalized spacial score (nSPS) is 15.6. The molecule has 2 aliphatic rings. The molecule has 6 rings (SSSR count). The zero-order valence-corrected chi connectivity index (χ0v) is 37.5. The van der Waals surface area contributed by atoms with Gasteiger partial charge in [-0.2, -0.15) is 0 Å². The molecule has 9 nitrogen and oxygen atoms in total. The van der Waals surface area contributed by atoms with Crippen LogP contribution in [-0.4, -0.2) is 81.2 Å². The van der Waals surface area contributed by atoms with Gasteiger partial charge in [-0.3, -0.25) is 9.59 Å². The Morgan fingerprint density at radius 2 is 1.25 bits per heavy atom. The number of ketones is 2. The number of aliphatic hydroxyl groups is 1. The summed E-state index contributed by atoms with van der Waals surface area (Å²) in [6, 6.07) is 30.2. The number of rotatable bonds is 16. The summed E-state index contributed by atoms with van der Waals surface area (Å²) in [5.74, 6) is -0.151. The Bertz CT molecular complexity index is 2150. The standard InChI is InChI=1S/C29H38N2O3.C23H28N2O2/c1-7-25(32)15-10-22-11-16-26-23(20-22)12-17-27(26)31(28(33)34-29(2,3)4)19-18-21-8-13-24(14-9-21)30(5)6;1-25(2)20-8-3-17(4-9-20)13-14-24-23-12-7-19-15-18(6-11-22(19)23)5-10-21(27)16-26/h8-11,13-16,20,27H,7,12,17-19H2,1-6H3;3-6,8-11,15,23-24,26H,7,12-14,16H2,1-2H3/b15-10+;10-5+. The second kappa shape index (κ2) is 21.8. The number of allylic oxidation sites excluding steroid dienone is 1. The van der Waals surface area contributed by atoms with Gasteiger partial charge in [-0.05, 0) is 147 Å². The highest BCUT2D eigenvalue weighted by molar-refractivity contribution is 5.94. The molecule has 324 valence electrons. The Morgan fingerprint density at radius 1 is 0.721 bits per heavy atom. The zero-order chi connectivity index (χ0) is 44.1. The molecule has 0 saturated heterocycles. The summed E-state index contributed by atoms with van der Waals surface area (Å²) in [5, 5.41) is 12.5. The lowest BCUT2D eigenvalue weighted by molar-refractivity contribution is -0.117. The third-order valence-electron chi connectivity index (χ3n) is 11.2. The number of aliphatic hydroxyl groups excluding tert-OH is 1. The summed E-state index contributed by atoms with van der Waals surface area (Å²) in [4.78, 5) is 42.2. The minimum Gasteiger partial charge on any atom is -0.444 e. The predicted molar refractivity (Wildman–Crippen MR) is 250 cm³/mol. The van der Waals surface area contributed by atoms with Crippen molar-refractivity contribution in [1.82, 2.24) is 10.2 Å². The van der Waals surface area contributed by atoms with E-state index in [-0.39, 0.29) is 23.7 Å². The molecule has 0 bridgehead atoms. The number of aryl methyl sites for hydroxylation is 2. The van der Waals surface area contributed by atoms with E-state index >= 15 is 0 Å². The fourth-order valence-corrected chi connectivity index (χ4v) is 7.80. The topological polar surface area (TPSA) is 102 Å². The molecule has 4 aromatic carbocycles. The highest BCUT2D eigenvalue weighted by Gasteiger charge is 2.33. The number of nitrogens with one attached hydrogen (secondary N) is 1. The molecule has 0 aliphatic heterocycles. The average molecular weight is 827 g/mol. The van der Waals surface area contributed by atoms with Crippen LogP contribution < -0.4 is 15.1 Å². The van der Waals surface area contributed by atoms with Crippen LogP contribution >= 0.6 is 0 Å². The first-order valence-electron chi connectivity index (χ1n) is 21.7. The Kier molecular flexibility index (Phi) is 16.7. The molecule has 2 aliphatic carbocycles. The minimum atomic E-state index is -0.551. The maximum absolute atomic E-state index is 13.2. The summed E-state index contributed by atoms with van der Waals surface area (Å²) in [5.41, 5.74) is 11.5. The van der Waals surface area contributed by atoms with Gasteiger partial charge in [0.05, 0.1) is 6.04 Å². The van der Waals surface area contributed by atoms with Crippen LogP contribution in [0.15, 0.2) is 97.1 Å². The lowest BCUT2D eigenvalue weighted by atomic mass is 10.0. The number of ether oxygens (including phenoxy) is 1. The van der Waals surface area contributed by atoms with E-state index in [0.717, 1.165) is 61.9 Å². The number of carbonyl (C=O) groups excluding carboxylic acids is 3. The Balaban J connectivity index is 0.000000237. The van der Waals surface area contributed by atoms with E-state index in [4.69, 9.17) is 9.84 Å². The van der Waals surface area contributed by atoms with Crippen molar-refractivity contribution in [2.24, 2.45) is 0 Å². The molecule has 1 amide bonds. The van der Waals surface area contributed by atoms with Crippen LogP contribution in [0.2, 0.25) is 0 Å². The smallest absolute Gasteiger partial charge is 0.410 e. The van der Waals surface area contributed by atoms with Gasteiger partial charge in [-0.25, -0.2) is 4.79 Å². The molecule has 4 aromatic rings. The van der Waals surface area contributed by atoms with Gasteiger partial charge >= 0.3 is 6.09 Å². The predicted octanol–water partition coefficient (Wildman–Crippen LogP) is 9.36. The van der Waals surface area contributed by atoms with Gasteiger partial charge in [0.1, 0.15) is 12.2 Å². The number of fused-ring (bicyclic) bond motifs is 2. The van der Waals surface area contributed by atoms with Gasteiger partial charge in [0.25, 0.3) is 0 Å². The van der Waals surface area contributed by atoms with Crippen LogP contribution in [-0.2, 0) is 40.0 Å². The number of hydrogen-bond acceptors (Lipinski definition) is 8. The molecule has 0 spiro atoms.